The monoisotopic (exact) mass is 276 g/mol. The number of Topliss-reactive ketones (excluding diaryl/α,β-unsaturated/α-hetero) is 1. The van der Waals surface area contributed by atoms with Crippen molar-refractivity contribution in [2.45, 2.75) is 19.8 Å². The molecule has 2 rings (SSSR count). The maximum Gasteiger partial charge on any atom is 0.141 e. The smallest absolute Gasteiger partial charge is 0.141 e. The van der Waals surface area contributed by atoms with Crippen LogP contribution < -0.4 is 0 Å². The first kappa shape index (κ1) is 13.8. The molecule has 0 radical (unpaired) electrons. The van der Waals surface area contributed by atoms with Crippen LogP contribution in [-0.4, -0.2) is 5.78 Å². The lowest BCUT2D eigenvalue weighted by molar-refractivity contribution is -0.117. The van der Waals surface area contributed by atoms with E-state index in [0.29, 0.717) is 17.0 Å². The van der Waals surface area contributed by atoms with E-state index in [1.807, 2.05) is 31.2 Å². The topological polar surface area (TPSA) is 17.1 Å². The molecule has 0 N–H and O–H groups in total. The second-order valence-corrected chi connectivity index (χ2v) is 5.02. The minimum absolute atomic E-state index is 0.0686. The molecule has 1 nitrogen and oxygen atoms in total. The summed E-state index contributed by atoms with van der Waals surface area (Å²) in [5.74, 6) is -0.320. The van der Waals surface area contributed by atoms with Crippen molar-refractivity contribution in [3.8, 4) is 0 Å². The first-order valence-electron chi connectivity index (χ1n) is 6.06. The van der Waals surface area contributed by atoms with Gasteiger partial charge in [0.1, 0.15) is 11.6 Å². The number of hydrogen-bond donors (Lipinski definition) is 0. The van der Waals surface area contributed by atoms with E-state index in [1.165, 1.54) is 12.1 Å². The zero-order valence-corrected chi connectivity index (χ0v) is 11.4. The first-order valence-corrected chi connectivity index (χ1v) is 6.43. The Labute approximate surface area is 117 Å². The Hall–Kier alpha value is -1.67. The van der Waals surface area contributed by atoms with Crippen LogP contribution in [0, 0.1) is 12.7 Å². The van der Waals surface area contributed by atoms with Gasteiger partial charge in [0.05, 0.1) is 0 Å². The highest BCUT2D eigenvalue weighted by Gasteiger charge is 2.09. The van der Waals surface area contributed by atoms with Gasteiger partial charge in [0.2, 0.25) is 0 Å². The summed E-state index contributed by atoms with van der Waals surface area (Å²) >= 11 is 5.91. The highest BCUT2D eigenvalue weighted by Crippen LogP contribution is 2.18. The highest BCUT2D eigenvalue weighted by atomic mass is 35.5. The van der Waals surface area contributed by atoms with Crippen molar-refractivity contribution >= 4 is 17.4 Å². The van der Waals surface area contributed by atoms with E-state index in [0.717, 1.165) is 11.1 Å². The van der Waals surface area contributed by atoms with E-state index < -0.39 is 0 Å². The molecule has 98 valence electrons. The number of benzene rings is 2. The average Bonchev–Trinajstić information content (AvgIpc) is 2.33. The molecule has 0 aliphatic heterocycles. The van der Waals surface area contributed by atoms with Gasteiger partial charge in [0.15, 0.2) is 0 Å². The van der Waals surface area contributed by atoms with Crippen molar-refractivity contribution in [3.05, 3.63) is 70.0 Å². The Morgan fingerprint density at radius 3 is 2.63 bits per heavy atom. The second-order valence-electron chi connectivity index (χ2n) is 4.62. The highest BCUT2D eigenvalue weighted by molar-refractivity contribution is 6.31. The number of carbonyl (C=O) groups excluding carboxylic acids is 1. The molecule has 0 aliphatic carbocycles. The van der Waals surface area contributed by atoms with Crippen LogP contribution in [0.1, 0.15) is 16.7 Å². The molecule has 0 bridgehead atoms. The summed E-state index contributed by atoms with van der Waals surface area (Å²) in [5.41, 5.74) is 2.79. The van der Waals surface area contributed by atoms with Crippen LogP contribution in [0.5, 0.6) is 0 Å². The quantitative estimate of drug-likeness (QED) is 0.820. The minimum Gasteiger partial charge on any atom is -0.299 e. The van der Waals surface area contributed by atoms with E-state index in [1.54, 1.807) is 6.07 Å². The van der Waals surface area contributed by atoms with E-state index in [4.69, 9.17) is 11.6 Å². The fourth-order valence-corrected chi connectivity index (χ4v) is 2.22. The Morgan fingerprint density at radius 1 is 1.16 bits per heavy atom. The number of rotatable bonds is 4. The van der Waals surface area contributed by atoms with Gasteiger partial charge >= 0.3 is 0 Å². The summed E-state index contributed by atoms with van der Waals surface area (Å²) in [7, 11) is 0. The van der Waals surface area contributed by atoms with Crippen LogP contribution in [0.25, 0.3) is 0 Å². The Bertz CT molecular complexity index is 607. The standard InChI is InChI=1S/C16H14ClFO/c1-11-3-2-4-12(7-11)8-15(19)9-13-5-6-14(18)10-16(13)17/h2-7,10H,8-9H2,1H3. The van der Waals surface area contributed by atoms with E-state index >= 15 is 0 Å². The minimum atomic E-state index is -0.389. The van der Waals surface area contributed by atoms with Crippen LogP contribution in [0.3, 0.4) is 0 Å². The third kappa shape index (κ3) is 3.90. The number of halogens is 2. The summed E-state index contributed by atoms with van der Waals surface area (Å²) in [4.78, 5) is 12.0. The lowest BCUT2D eigenvalue weighted by Crippen LogP contribution is -2.07. The summed E-state index contributed by atoms with van der Waals surface area (Å²) in [6.45, 7) is 1.99. The SMILES string of the molecule is Cc1cccc(CC(=O)Cc2ccc(F)cc2Cl)c1. The summed E-state index contributed by atoms with van der Waals surface area (Å²) in [5, 5.41) is 0.303. The van der Waals surface area contributed by atoms with Crippen molar-refractivity contribution < 1.29 is 9.18 Å². The molecule has 0 heterocycles. The van der Waals surface area contributed by atoms with Crippen LogP contribution >= 0.6 is 11.6 Å². The van der Waals surface area contributed by atoms with Crippen molar-refractivity contribution in [2.75, 3.05) is 0 Å². The molecule has 0 unspecified atom stereocenters. The van der Waals surface area contributed by atoms with Crippen molar-refractivity contribution in [2.24, 2.45) is 0 Å². The Kier molecular flexibility index (Phi) is 4.33. The Morgan fingerprint density at radius 2 is 1.95 bits per heavy atom. The lowest BCUT2D eigenvalue weighted by Gasteiger charge is -2.05. The number of carbonyl (C=O) groups is 1. The summed E-state index contributed by atoms with van der Waals surface area (Å²) in [6, 6.07) is 12.0. The van der Waals surface area contributed by atoms with Crippen LogP contribution in [0.2, 0.25) is 5.02 Å². The van der Waals surface area contributed by atoms with Crippen LogP contribution in [-0.2, 0) is 17.6 Å². The maximum atomic E-state index is 12.9. The fraction of sp³-hybridized carbons (Fsp3) is 0.188. The van der Waals surface area contributed by atoms with E-state index in [-0.39, 0.29) is 18.0 Å². The molecule has 0 aliphatic rings. The zero-order valence-electron chi connectivity index (χ0n) is 10.6. The van der Waals surface area contributed by atoms with E-state index in [2.05, 4.69) is 0 Å². The van der Waals surface area contributed by atoms with Crippen molar-refractivity contribution in [1.82, 2.24) is 0 Å². The number of aryl methyl sites for hydroxylation is 1. The predicted molar refractivity (Wildman–Crippen MR) is 75.0 cm³/mol. The average molecular weight is 277 g/mol. The molecule has 0 saturated heterocycles. The van der Waals surface area contributed by atoms with Gasteiger partial charge < -0.3 is 0 Å². The number of ketones is 1. The third-order valence-electron chi connectivity index (χ3n) is 2.89. The second kappa shape index (κ2) is 5.98. The van der Waals surface area contributed by atoms with Gasteiger partial charge in [0.25, 0.3) is 0 Å². The van der Waals surface area contributed by atoms with Gasteiger partial charge in [-0.25, -0.2) is 4.39 Å². The molecular formula is C16H14ClFO. The molecule has 2 aromatic rings. The molecule has 19 heavy (non-hydrogen) atoms. The van der Waals surface area contributed by atoms with Gasteiger partial charge in [-0.3, -0.25) is 4.79 Å². The molecule has 0 fully saturated rings. The maximum absolute atomic E-state index is 12.9. The van der Waals surface area contributed by atoms with Gasteiger partial charge in [-0.1, -0.05) is 47.5 Å². The molecule has 0 saturated carbocycles. The van der Waals surface area contributed by atoms with Gasteiger partial charge in [-0.05, 0) is 30.2 Å². The molecule has 0 amide bonds. The molecule has 2 aromatic carbocycles. The van der Waals surface area contributed by atoms with Gasteiger partial charge in [0, 0.05) is 17.9 Å². The van der Waals surface area contributed by atoms with Crippen LogP contribution in [0.4, 0.5) is 4.39 Å². The molecule has 0 spiro atoms. The normalized spacial score (nSPS) is 10.5. The van der Waals surface area contributed by atoms with Gasteiger partial charge in [-0.15, -0.1) is 0 Å². The van der Waals surface area contributed by atoms with Crippen LogP contribution in [0.15, 0.2) is 42.5 Å². The van der Waals surface area contributed by atoms with Crippen molar-refractivity contribution in [3.63, 3.8) is 0 Å². The summed E-state index contributed by atoms with van der Waals surface area (Å²) < 4.78 is 12.9. The molecule has 3 heteroatoms. The zero-order chi connectivity index (χ0) is 13.8. The lowest BCUT2D eigenvalue weighted by atomic mass is 10.0. The summed E-state index contributed by atoms with van der Waals surface area (Å²) in [6.07, 6.45) is 0.600. The fourth-order valence-electron chi connectivity index (χ4n) is 1.99. The Balaban J connectivity index is 2.05. The van der Waals surface area contributed by atoms with Crippen molar-refractivity contribution in [1.29, 1.82) is 0 Å². The predicted octanol–water partition coefficient (Wildman–Crippen LogP) is 4.14. The molecule has 0 atom stereocenters. The first-order chi connectivity index (χ1) is 9.04. The number of hydrogen-bond acceptors (Lipinski definition) is 1. The largest absolute Gasteiger partial charge is 0.299 e. The van der Waals surface area contributed by atoms with Gasteiger partial charge in [-0.2, -0.15) is 0 Å². The molecule has 0 aromatic heterocycles. The third-order valence-corrected chi connectivity index (χ3v) is 3.24. The molecular weight excluding hydrogens is 263 g/mol. The van der Waals surface area contributed by atoms with E-state index in [9.17, 15) is 9.18 Å².